The van der Waals surface area contributed by atoms with Crippen LogP contribution in [-0.4, -0.2) is 184 Å². The second-order valence-electron chi connectivity index (χ2n) is 20.5. The number of ether oxygens (including phenoxy) is 10. The molecular weight excluding hydrogens is 832 g/mol. The van der Waals surface area contributed by atoms with Crippen molar-refractivity contribution < 1.29 is 92.7 Å². The number of rotatable bonds is 11. The summed E-state index contributed by atoms with van der Waals surface area (Å²) in [5.41, 5.74) is -0.636. The number of hydrogen-bond donors (Lipinski definition) is 7. The fraction of sp³-hybridized carbons (Fsp3) is 0.955. The summed E-state index contributed by atoms with van der Waals surface area (Å²) in [4.78, 5) is 24.9. The standard InChI is InChI=1S/C44H68O19/c1-19-37(62-40-36(53)34(51)32(49)27(61-40)18-56-39-35(52)33(50)31(48)26(16-45)60-39)25(54-5)15-30(57-19)59-24-8-10-41(3)23(38(24)58-20(2)46)6-12-43-28(41)9-11-42(4)22(7-13-44(42,43)63-43)21-14-29(47)55-17-21/h19,21-28,30-40,45,48-53H,6-18H2,1-5H3/t19-,21?,22-,23+,24+,25-,26-,27-,28-,30+,31-,32-,33+,34+,35-,36-,37+,38-,39-,40+,41+,42-,43+,44-/m1/s1. The summed E-state index contributed by atoms with van der Waals surface area (Å²) in [7, 11) is 1.51. The van der Waals surface area contributed by atoms with Crippen molar-refractivity contribution in [3.63, 3.8) is 0 Å². The number of hydrogen-bond acceptors (Lipinski definition) is 19. The van der Waals surface area contributed by atoms with Crippen molar-refractivity contribution >= 4 is 11.9 Å². The molecule has 9 aliphatic rings. The molecular formula is C44H68O19. The molecule has 0 amide bonds. The molecule has 19 heteroatoms. The van der Waals surface area contributed by atoms with Gasteiger partial charge in [0.2, 0.25) is 0 Å². The third-order valence-electron chi connectivity index (χ3n) is 17.5. The smallest absolute Gasteiger partial charge is 0.306 e. The molecule has 4 aliphatic carbocycles. The van der Waals surface area contributed by atoms with Gasteiger partial charge >= 0.3 is 11.9 Å². The molecule has 24 atom stereocenters. The number of aliphatic hydroxyl groups is 7. The number of carbonyl (C=O) groups is 2. The summed E-state index contributed by atoms with van der Waals surface area (Å²) < 4.78 is 60.9. The highest BCUT2D eigenvalue weighted by molar-refractivity contribution is 5.71. The number of carbonyl (C=O) groups excluding carboxylic acids is 2. The van der Waals surface area contributed by atoms with E-state index in [0.717, 1.165) is 44.9 Å². The molecule has 2 spiro atoms. The van der Waals surface area contributed by atoms with Gasteiger partial charge in [-0.25, -0.2) is 0 Å². The number of cyclic esters (lactones) is 1. The van der Waals surface area contributed by atoms with Gasteiger partial charge in [-0.05, 0) is 75.5 Å². The van der Waals surface area contributed by atoms with Gasteiger partial charge in [0.1, 0.15) is 72.2 Å². The molecule has 358 valence electrons. The van der Waals surface area contributed by atoms with Crippen LogP contribution in [0.15, 0.2) is 0 Å². The number of epoxide rings is 1. The van der Waals surface area contributed by atoms with Crippen LogP contribution < -0.4 is 0 Å². The summed E-state index contributed by atoms with van der Waals surface area (Å²) in [5.74, 6) is 0.458. The van der Waals surface area contributed by atoms with Crippen molar-refractivity contribution in [2.45, 2.75) is 201 Å². The Labute approximate surface area is 366 Å². The molecule has 4 saturated carbocycles. The van der Waals surface area contributed by atoms with Crippen LogP contribution in [0.2, 0.25) is 0 Å². The van der Waals surface area contributed by atoms with Crippen LogP contribution >= 0.6 is 0 Å². The second kappa shape index (κ2) is 17.1. The quantitative estimate of drug-likeness (QED) is 0.0788. The highest BCUT2D eigenvalue weighted by Crippen LogP contribution is 2.81. The van der Waals surface area contributed by atoms with Gasteiger partial charge in [0.05, 0.1) is 44.6 Å². The van der Waals surface area contributed by atoms with E-state index in [4.69, 9.17) is 47.4 Å². The van der Waals surface area contributed by atoms with Crippen LogP contribution in [0.5, 0.6) is 0 Å². The van der Waals surface area contributed by atoms with Crippen molar-refractivity contribution in [3.8, 4) is 0 Å². The Morgan fingerprint density at radius 2 is 1.48 bits per heavy atom. The van der Waals surface area contributed by atoms with Gasteiger partial charge in [0.15, 0.2) is 18.9 Å². The molecule has 0 aromatic rings. The molecule has 5 saturated heterocycles. The summed E-state index contributed by atoms with van der Waals surface area (Å²) >= 11 is 0. The predicted molar refractivity (Wildman–Crippen MR) is 211 cm³/mol. The lowest BCUT2D eigenvalue weighted by Gasteiger charge is -2.60. The first-order valence-corrected chi connectivity index (χ1v) is 23.1. The van der Waals surface area contributed by atoms with E-state index in [1.54, 1.807) is 6.92 Å². The van der Waals surface area contributed by atoms with Gasteiger partial charge in [-0.15, -0.1) is 0 Å². The molecule has 63 heavy (non-hydrogen) atoms. The van der Waals surface area contributed by atoms with Crippen molar-refractivity contribution in [1.29, 1.82) is 0 Å². The average Bonchev–Trinajstić information content (AvgIpc) is 3.56. The van der Waals surface area contributed by atoms with Crippen molar-refractivity contribution in [2.75, 3.05) is 26.9 Å². The third kappa shape index (κ3) is 7.42. The summed E-state index contributed by atoms with van der Waals surface area (Å²) in [6.07, 6.45) is -11.7. The zero-order valence-corrected chi connectivity index (χ0v) is 36.8. The van der Waals surface area contributed by atoms with Gasteiger partial charge < -0.3 is 83.1 Å². The van der Waals surface area contributed by atoms with Gasteiger partial charge in [0, 0.05) is 37.7 Å². The second-order valence-corrected chi connectivity index (χ2v) is 20.5. The van der Waals surface area contributed by atoms with E-state index in [2.05, 4.69) is 13.8 Å². The Kier molecular flexibility index (Phi) is 12.6. The molecule has 0 aromatic heterocycles. The fourth-order valence-corrected chi connectivity index (χ4v) is 14.3. The van der Waals surface area contributed by atoms with Crippen molar-refractivity contribution in [2.24, 2.45) is 34.5 Å². The van der Waals surface area contributed by atoms with E-state index >= 15 is 0 Å². The van der Waals surface area contributed by atoms with Crippen LogP contribution in [0.1, 0.15) is 91.9 Å². The molecule has 7 N–H and O–H groups in total. The number of esters is 2. The average molecular weight is 901 g/mol. The molecule has 0 bridgehead atoms. The van der Waals surface area contributed by atoms with E-state index in [0.29, 0.717) is 25.4 Å². The minimum atomic E-state index is -1.74. The lowest BCUT2D eigenvalue weighted by molar-refractivity contribution is -0.356. The van der Waals surface area contributed by atoms with Crippen LogP contribution in [-0.2, 0) is 57.0 Å². The van der Waals surface area contributed by atoms with Gasteiger partial charge in [-0.3, -0.25) is 9.59 Å². The normalized spacial score (nSPS) is 55.2. The number of methoxy groups -OCH3 is 1. The molecule has 1 unspecified atom stereocenters. The Morgan fingerprint density at radius 1 is 0.778 bits per heavy atom. The molecule has 19 nitrogen and oxygen atoms in total. The Balaban J connectivity index is 0.842. The van der Waals surface area contributed by atoms with E-state index in [1.165, 1.54) is 14.0 Å². The summed E-state index contributed by atoms with van der Waals surface area (Å²) in [6.45, 7) is 7.26. The molecule has 9 fully saturated rings. The highest BCUT2D eigenvalue weighted by atomic mass is 16.8. The minimum absolute atomic E-state index is 0.0227. The monoisotopic (exact) mass is 900 g/mol. The molecule has 0 aromatic carbocycles. The van der Waals surface area contributed by atoms with Gasteiger partial charge in [-0.2, -0.15) is 0 Å². The van der Waals surface area contributed by atoms with E-state index in [9.17, 15) is 45.3 Å². The molecule has 5 heterocycles. The first-order valence-electron chi connectivity index (χ1n) is 23.1. The maximum atomic E-state index is 12.8. The van der Waals surface area contributed by atoms with E-state index in [1.807, 2.05) is 0 Å². The third-order valence-corrected chi connectivity index (χ3v) is 17.5. The van der Waals surface area contributed by atoms with Gasteiger partial charge in [-0.1, -0.05) is 13.8 Å². The molecule has 0 radical (unpaired) electrons. The SMILES string of the molecule is CO[C@@H]1C[C@H](O[C@H]2CC[C@]3(C)[C@H]4CC[C@]5(C)[C@@H](C6COC(=O)C6)CC[C@@]56O[C@@]46CC[C@H]3[C@H]2OC(C)=O)O[C@H](C)[C@@H]1O[C@@H]1O[C@H](CO[C@@H]2O[C@H](CO)[C@@H](O)[C@H](O)[C@H]2O)[C@@H](O)[C@H](O)[C@H]1O. The summed E-state index contributed by atoms with van der Waals surface area (Å²) in [5, 5.41) is 72.7. The van der Waals surface area contributed by atoms with E-state index in [-0.39, 0.29) is 58.1 Å². The lowest BCUT2D eigenvalue weighted by Crippen LogP contribution is -2.63. The largest absolute Gasteiger partial charge is 0.465 e. The highest BCUT2D eigenvalue weighted by Gasteiger charge is 2.86. The Morgan fingerprint density at radius 3 is 2.16 bits per heavy atom. The fourth-order valence-electron chi connectivity index (χ4n) is 14.3. The number of aliphatic hydroxyl groups excluding tert-OH is 7. The van der Waals surface area contributed by atoms with Gasteiger partial charge in [0.25, 0.3) is 0 Å². The molecule has 5 aliphatic heterocycles. The van der Waals surface area contributed by atoms with Crippen LogP contribution in [0.25, 0.3) is 0 Å². The van der Waals surface area contributed by atoms with Crippen molar-refractivity contribution in [3.05, 3.63) is 0 Å². The Hall–Kier alpha value is -1.66. The van der Waals surface area contributed by atoms with Crippen LogP contribution in [0.3, 0.4) is 0 Å². The Bertz CT molecular complexity index is 1690. The lowest BCUT2D eigenvalue weighted by atomic mass is 9.44. The van der Waals surface area contributed by atoms with E-state index < -0.39 is 111 Å². The molecule has 9 rings (SSSR count). The zero-order chi connectivity index (χ0) is 45.0. The number of fused-ring (bicyclic) bond motifs is 2. The van der Waals surface area contributed by atoms with Crippen LogP contribution in [0, 0.1) is 34.5 Å². The zero-order valence-electron chi connectivity index (χ0n) is 36.8. The minimum Gasteiger partial charge on any atom is -0.465 e. The first-order chi connectivity index (χ1) is 29.9. The topological polar surface area (TPSA) is 271 Å². The predicted octanol–water partition coefficient (Wildman–Crippen LogP) is -0.430. The summed E-state index contributed by atoms with van der Waals surface area (Å²) in [6, 6.07) is 0. The van der Waals surface area contributed by atoms with Crippen LogP contribution in [0.4, 0.5) is 0 Å². The van der Waals surface area contributed by atoms with Crippen molar-refractivity contribution in [1.82, 2.24) is 0 Å². The maximum Gasteiger partial charge on any atom is 0.306 e. The maximum absolute atomic E-state index is 12.8. The first kappa shape index (κ1) is 46.5.